The van der Waals surface area contributed by atoms with Crippen LogP contribution >= 0.6 is 0 Å². The molecule has 8 heteroatoms. The number of fused-ring (bicyclic) bond motifs is 1. The number of sulfonamides is 1. The Bertz CT molecular complexity index is 994. The Hall–Kier alpha value is -1.87. The fourth-order valence-electron chi connectivity index (χ4n) is 4.20. The molecule has 31 heavy (non-hydrogen) atoms. The smallest absolute Gasteiger partial charge is 0.209 e. The Morgan fingerprint density at radius 2 is 1.84 bits per heavy atom. The lowest BCUT2D eigenvalue weighted by molar-refractivity contribution is 0.130. The van der Waals surface area contributed by atoms with Gasteiger partial charge in [-0.3, -0.25) is 0 Å². The van der Waals surface area contributed by atoms with Gasteiger partial charge in [-0.2, -0.15) is 0 Å². The summed E-state index contributed by atoms with van der Waals surface area (Å²) in [4.78, 5) is 0. The van der Waals surface area contributed by atoms with Gasteiger partial charge in [0, 0.05) is 18.7 Å². The fourth-order valence-corrected chi connectivity index (χ4v) is 4.99. The van der Waals surface area contributed by atoms with E-state index < -0.39 is 33.8 Å². The molecule has 0 fully saturated rings. The maximum Gasteiger partial charge on any atom is 0.209 e. The molecule has 0 radical (unpaired) electrons. The van der Waals surface area contributed by atoms with Crippen molar-refractivity contribution in [3.8, 4) is 0 Å². The number of benzene rings is 2. The number of hydrogen-bond acceptors (Lipinski definition) is 4. The number of hydrogen-bond donors (Lipinski definition) is 3. The lowest BCUT2D eigenvalue weighted by Crippen LogP contribution is -2.49. The molecule has 1 aliphatic carbocycles. The summed E-state index contributed by atoms with van der Waals surface area (Å²) in [5.41, 5.74) is 4.03. The standard InChI is InChI=1S/C23H30F2N2O3S/c1-3-15-7-8-17-5-4-6-21(20(17)11-15)26-14-23(28)22(27-31(2,29)30)12-16-9-18(24)13-19(25)10-16/h7-11,13,21-23,26-28H,3-6,12,14H2,1-2H3/t21-,22-,23+/m0/s1. The number of aryl methyl sites for hydroxylation is 2. The van der Waals surface area contributed by atoms with E-state index in [4.69, 9.17) is 0 Å². The molecule has 2 aromatic rings. The molecule has 0 heterocycles. The van der Waals surface area contributed by atoms with E-state index in [-0.39, 0.29) is 24.6 Å². The number of rotatable bonds is 9. The van der Waals surface area contributed by atoms with Crippen LogP contribution in [-0.2, 0) is 29.3 Å². The van der Waals surface area contributed by atoms with Crippen LogP contribution in [0.25, 0.3) is 0 Å². The van der Waals surface area contributed by atoms with Gasteiger partial charge in [0.2, 0.25) is 10.0 Å². The molecule has 0 amide bonds. The van der Waals surface area contributed by atoms with Crippen LogP contribution in [0.2, 0.25) is 0 Å². The average Bonchev–Trinajstić information content (AvgIpc) is 2.69. The number of halogens is 2. The highest BCUT2D eigenvalue weighted by atomic mass is 32.2. The van der Waals surface area contributed by atoms with Crippen LogP contribution in [0.15, 0.2) is 36.4 Å². The summed E-state index contributed by atoms with van der Waals surface area (Å²) in [6.45, 7) is 2.25. The molecule has 0 aliphatic heterocycles. The molecule has 3 N–H and O–H groups in total. The maximum atomic E-state index is 13.6. The van der Waals surface area contributed by atoms with E-state index in [0.717, 1.165) is 50.1 Å². The summed E-state index contributed by atoms with van der Waals surface area (Å²) in [5, 5.41) is 14.1. The Labute approximate surface area is 182 Å². The lowest BCUT2D eigenvalue weighted by Gasteiger charge is -2.30. The molecule has 0 unspecified atom stereocenters. The summed E-state index contributed by atoms with van der Waals surface area (Å²) in [5.74, 6) is -1.49. The highest BCUT2D eigenvalue weighted by Gasteiger charge is 2.26. The van der Waals surface area contributed by atoms with Gasteiger partial charge in [-0.15, -0.1) is 0 Å². The summed E-state index contributed by atoms with van der Waals surface area (Å²) < 4.78 is 53.2. The van der Waals surface area contributed by atoms with E-state index in [1.165, 1.54) is 16.7 Å². The van der Waals surface area contributed by atoms with E-state index in [9.17, 15) is 22.3 Å². The molecule has 3 atom stereocenters. The molecular weight excluding hydrogens is 422 g/mol. The van der Waals surface area contributed by atoms with Crippen LogP contribution in [0.5, 0.6) is 0 Å². The topological polar surface area (TPSA) is 78.4 Å². The molecule has 5 nitrogen and oxygen atoms in total. The minimum Gasteiger partial charge on any atom is -0.390 e. The largest absolute Gasteiger partial charge is 0.390 e. The van der Waals surface area contributed by atoms with Crippen molar-refractivity contribution in [3.05, 3.63) is 70.3 Å². The molecule has 0 saturated heterocycles. The zero-order chi connectivity index (χ0) is 22.6. The minimum absolute atomic E-state index is 0.0359. The van der Waals surface area contributed by atoms with Crippen molar-refractivity contribution in [2.75, 3.05) is 12.8 Å². The van der Waals surface area contributed by atoms with E-state index in [1.807, 2.05) is 0 Å². The van der Waals surface area contributed by atoms with Crippen LogP contribution in [0, 0.1) is 11.6 Å². The summed E-state index contributed by atoms with van der Waals surface area (Å²) in [6.07, 6.45) is 3.78. The third-order valence-corrected chi connectivity index (χ3v) is 6.45. The lowest BCUT2D eigenvalue weighted by atomic mass is 9.86. The van der Waals surface area contributed by atoms with Crippen LogP contribution in [0.3, 0.4) is 0 Å². The van der Waals surface area contributed by atoms with Crippen molar-refractivity contribution in [1.82, 2.24) is 10.0 Å². The highest BCUT2D eigenvalue weighted by molar-refractivity contribution is 7.88. The SMILES string of the molecule is CCc1ccc2c(c1)[C@@H](NC[C@@H](O)[C@H](Cc1cc(F)cc(F)c1)NS(C)(=O)=O)CCC2. The van der Waals surface area contributed by atoms with Gasteiger partial charge >= 0.3 is 0 Å². The minimum atomic E-state index is -3.63. The molecule has 1 aliphatic rings. The van der Waals surface area contributed by atoms with Crippen molar-refractivity contribution >= 4 is 10.0 Å². The third kappa shape index (κ3) is 6.80. The second-order valence-corrected chi connectivity index (χ2v) is 10.1. The molecule has 0 bridgehead atoms. The molecule has 0 saturated carbocycles. The molecule has 170 valence electrons. The van der Waals surface area contributed by atoms with E-state index in [2.05, 4.69) is 35.2 Å². The van der Waals surface area contributed by atoms with Crippen LogP contribution in [0.4, 0.5) is 8.78 Å². The quantitative estimate of drug-likeness (QED) is 0.547. The van der Waals surface area contributed by atoms with Gasteiger partial charge in [0.1, 0.15) is 11.6 Å². The van der Waals surface area contributed by atoms with Crippen LogP contribution in [-0.4, -0.2) is 38.5 Å². The number of nitrogens with one attached hydrogen (secondary N) is 2. The second-order valence-electron chi connectivity index (χ2n) is 8.29. The molecule has 0 aromatic heterocycles. The second kappa shape index (κ2) is 10.2. The van der Waals surface area contributed by atoms with E-state index >= 15 is 0 Å². The van der Waals surface area contributed by atoms with Crippen molar-refractivity contribution in [3.63, 3.8) is 0 Å². The van der Waals surface area contributed by atoms with Gasteiger partial charge in [-0.1, -0.05) is 25.1 Å². The molecule has 2 aromatic carbocycles. The van der Waals surface area contributed by atoms with Crippen LogP contribution in [0.1, 0.15) is 48.1 Å². The first-order chi connectivity index (χ1) is 14.6. The van der Waals surface area contributed by atoms with E-state index in [1.54, 1.807) is 0 Å². The van der Waals surface area contributed by atoms with Gasteiger partial charge in [-0.25, -0.2) is 21.9 Å². The Morgan fingerprint density at radius 3 is 2.48 bits per heavy atom. The third-order valence-electron chi connectivity index (χ3n) is 5.71. The average molecular weight is 453 g/mol. The summed E-state index contributed by atoms with van der Waals surface area (Å²) >= 11 is 0. The van der Waals surface area contributed by atoms with Crippen molar-refractivity contribution in [1.29, 1.82) is 0 Å². The van der Waals surface area contributed by atoms with Gasteiger partial charge in [0.25, 0.3) is 0 Å². The predicted octanol–water partition coefficient (Wildman–Crippen LogP) is 3.02. The Kier molecular flexibility index (Phi) is 7.80. The van der Waals surface area contributed by atoms with Crippen molar-refractivity contribution < 1.29 is 22.3 Å². The maximum absolute atomic E-state index is 13.6. The van der Waals surface area contributed by atoms with Crippen molar-refractivity contribution in [2.45, 2.75) is 57.2 Å². The van der Waals surface area contributed by atoms with Gasteiger partial charge in [0.15, 0.2) is 0 Å². The number of aliphatic hydroxyl groups excluding tert-OH is 1. The molecular formula is C23H30F2N2O3S. The first-order valence-electron chi connectivity index (χ1n) is 10.6. The zero-order valence-electron chi connectivity index (χ0n) is 17.9. The Balaban J connectivity index is 1.73. The predicted molar refractivity (Wildman–Crippen MR) is 117 cm³/mol. The van der Waals surface area contributed by atoms with Gasteiger partial charge in [-0.05, 0) is 66.5 Å². The highest BCUT2D eigenvalue weighted by Crippen LogP contribution is 2.30. The first kappa shape index (κ1) is 23.8. The normalized spacial score (nSPS) is 18.4. The van der Waals surface area contributed by atoms with E-state index in [0.29, 0.717) is 0 Å². The van der Waals surface area contributed by atoms with Crippen LogP contribution < -0.4 is 10.0 Å². The van der Waals surface area contributed by atoms with Gasteiger partial charge < -0.3 is 10.4 Å². The Morgan fingerprint density at radius 1 is 1.13 bits per heavy atom. The zero-order valence-corrected chi connectivity index (χ0v) is 18.7. The first-order valence-corrected chi connectivity index (χ1v) is 12.5. The number of aliphatic hydroxyl groups is 1. The fraction of sp³-hybridized carbons (Fsp3) is 0.478. The summed E-state index contributed by atoms with van der Waals surface area (Å²) in [7, 11) is -3.63. The monoisotopic (exact) mass is 452 g/mol. The molecule has 3 rings (SSSR count). The van der Waals surface area contributed by atoms with Crippen molar-refractivity contribution in [2.24, 2.45) is 0 Å². The molecule has 0 spiro atoms. The van der Waals surface area contributed by atoms with Gasteiger partial charge in [0.05, 0.1) is 18.4 Å². The summed E-state index contributed by atoms with van der Waals surface area (Å²) in [6, 6.07) is 8.68.